The highest BCUT2D eigenvalue weighted by atomic mass is 32.1. The lowest BCUT2D eigenvalue weighted by Crippen LogP contribution is -2.47. The van der Waals surface area contributed by atoms with Gasteiger partial charge in [0.15, 0.2) is 0 Å². The number of rotatable bonds is 5. The Morgan fingerprint density at radius 3 is 2.09 bits per heavy atom. The van der Waals surface area contributed by atoms with Crippen molar-refractivity contribution in [3.05, 3.63) is 75.8 Å². The molecule has 2 aromatic rings. The monoisotopic (exact) mass is 316 g/mol. The lowest BCUT2D eigenvalue weighted by Gasteiger charge is -2.34. The van der Waals surface area contributed by atoms with Gasteiger partial charge in [-0.1, -0.05) is 42.5 Å². The van der Waals surface area contributed by atoms with Crippen LogP contribution in [0.3, 0.4) is 0 Å². The fourth-order valence-electron chi connectivity index (χ4n) is 2.35. The molecule has 0 saturated carbocycles. The van der Waals surface area contributed by atoms with Crippen LogP contribution >= 0.6 is 12.6 Å². The SMILES string of the molecule is CC(=O)C(N)C(S)(c1ccccc1)c1ccc([N+](=O)[O-])cc1. The van der Waals surface area contributed by atoms with Gasteiger partial charge in [0.2, 0.25) is 0 Å². The van der Waals surface area contributed by atoms with Crippen LogP contribution in [-0.2, 0) is 9.54 Å². The van der Waals surface area contributed by atoms with Crippen molar-refractivity contribution in [2.75, 3.05) is 0 Å². The standard InChI is InChI=1S/C16H16N2O3S/c1-11(19)15(17)16(22,12-5-3-2-4-6-12)13-7-9-14(10-8-13)18(20)21/h2-10,15,22H,17H2,1H3. The summed E-state index contributed by atoms with van der Waals surface area (Å²) >= 11 is 4.70. The van der Waals surface area contributed by atoms with Crippen molar-refractivity contribution in [3.63, 3.8) is 0 Å². The number of hydrogen-bond donors (Lipinski definition) is 2. The number of nitrogens with two attached hydrogens (primary N) is 1. The van der Waals surface area contributed by atoms with E-state index in [1.165, 1.54) is 19.1 Å². The van der Waals surface area contributed by atoms with Crippen LogP contribution < -0.4 is 5.73 Å². The van der Waals surface area contributed by atoms with Crippen LogP contribution in [0.2, 0.25) is 0 Å². The quantitative estimate of drug-likeness (QED) is 0.504. The maximum Gasteiger partial charge on any atom is 0.269 e. The average molecular weight is 316 g/mol. The Hall–Kier alpha value is -2.18. The summed E-state index contributed by atoms with van der Waals surface area (Å²) in [5, 5.41) is 10.8. The van der Waals surface area contributed by atoms with Crippen LogP contribution in [0.25, 0.3) is 0 Å². The summed E-state index contributed by atoms with van der Waals surface area (Å²) in [6.07, 6.45) is 0. The Kier molecular flexibility index (Phi) is 4.63. The second-order valence-corrected chi connectivity index (χ2v) is 5.73. The highest BCUT2D eigenvalue weighted by Gasteiger charge is 2.39. The lowest BCUT2D eigenvalue weighted by molar-refractivity contribution is -0.384. The number of hydrogen-bond acceptors (Lipinski definition) is 5. The van der Waals surface area contributed by atoms with E-state index in [1.807, 2.05) is 30.3 Å². The molecule has 0 bridgehead atoms. The molecule has 0 aromatic heterocycles. The van der Waals surface area contributed by atoms with E-state index < -0.39 is 15.7 Å². The zero-order valence-electron chi connectivity index (χ0n) is 12.0. The number of carbonyl (C=O) groups excluding carboxylic acids is 1. The van der Waals surface area contributed by atoms with E-state index in [1.54, 1.807) is 12.1 Å². The van der Waals surface area contributed by atoms with Crippen molar-refractivity contribution in [1.29, 1.82) is 0 Å². The molecule has 2 rings (SSSR count). The number of ketones is 1. The van der Waals surface area contributed by atoms with Crippen LogP contribution in [0, 0.1) is 10.1 Å². The Labute approximate surface area is 133 Å². The second-order valence-electron chi connectivity index (χ2n) is 5.02. The second kappa shape index (κ2) is 6.29. The highest BCUT2D eigenvalue weighted by Crippen LogP contribution is 2.39. The fourth-order valence-corrected chi connectivity index (χ4v) is 2.83. The van der Waals surface area contributed by atoms with E-state index in [0.29, 0.717) is 5.56 Å². The molecule has 0 saturated heterocycles. The summed E-state index contributed by atoms with van der Waals surface area (Å²) in [5.74, 6) is -0.211. The Bertz CT molecular complexity index is 688. The van der Waals surface area contributed by atoms with Crippen molar-refractivity contribution in [2.24, 2.45) is 5.73 Å². The topological polar surface area (TPSA) is 86.2 Å². The number of nitrogens with zero attached hydrogens (tertiary/aromatic N) is 1. The molecule has 0 spiro atoms. The molecule has 0 aliphatic carbocycles. The van der Waals surface area contributed by atoms with Gasteiger partial charge in [0, 0.05) is 12.1 Å². The van der Waals surface area contributed by atoms with Crippen LogP contribution in [0.5, 0.6) is 0 Å². The molecule has 0 heterocycles. The zero-order valence-corrected chi connectivity index (χ0v) is 12.9. The molecule has 0 amide bonds. The number of carbonyl (C=O) groups is 1. The van der Waals surface area contributed by atoms with Crippen LogP contribution in [0.4, 0.5) is 5.69 Å². The minimum Gasteiger partial charge on any atom is -0.320 e. The first-order valence-electron chi connectivity index (χ1n) is 6.66. The van der Waals surface area contributed by atoms with Crippen LogP contribution in [-0.4, -0.2) is 16.7 Å². The molecular weight excluding hydrogens is 300 g/mol. The minimum absolute atomic E-state index is 0.0242. The number of nitro benzene ring substituents is 1. The van der Waals surface area contributed by atoms with E-state index in [2.05, 4.69) is 0 Å². The molecule has 0 aliphatic heterocycles. The molecule has 2 N–H and O–H groups in total. The van der Waals surface area contributed by atoms with E-state index in [0.717, 1.165) is 5.56 Å². The molecule has 22 heavy (non-hydrogen) atoms. The van der Waals surface area contributed by atoms with Gasteiger partial charge in [-0.15, -0.1) is 0 Å². The molecule has 2 aromatic carbocycles. The summed E-state index contributed by atoms with van der Waals surface area (Å²) < 4.78 is -1.05. The highest BCUT2D eigenvalue weighted by molar-refractivity contribution is 7.81. The minimum atomic E-state index is -1.05. The molecule has 0 radical (unpaired) electrons. The van der Waals surface area contributed by atoms with Crippen molar-refractivity contribution < 1.29 is 9.72 Å². The molecule has 6 heteroatoms. The molecule has 2 atom stereocenters. The normalized spacial score (nSPS) is 14.9. The summed E-state index contributed by atoms with van der Waals surface area (Å²) in [6.45, 7) is 1.41. The summed E-state index contributed by atoms with van der Waals surface area (Å²) in [4.78, 5) is 22.1. The van der Waals surface area contributed by atoms with E-state index in [9.17, 15) is 14.9 Å². The molecule has 5 nitrogen and oxygen atoms in total. The third-order valence-electron chi connectivity index (χ3n) is 3.62. The molecule has 0 aliphatic rings. The van der Waals surface area contributed by atoms with Gasteiger partial charge >= 0.3 is 0 Å². The summed E-state index contributed by atoms with van der Waals surface area (Å²) in [7, 11) is 0. The van der Waals surface area contributed by atoms with E-state index in [4.69, 9.17) is 18.4 Å². The van der Waals surface area contributed by atoms with Gasteiger partial charge in [-0.25, -0.2) is 0 Å². The molecular formula is C16H16N2O3S. The first-order valence-corrected chi connectivity index (χ1v) is 7.11. The van der Waals surface area contributed by atoms with Crippen molar-refractivity contribution in [3.8, 4) is 0 Å². The summed E-state index contributed by atoms with van der Waals surface area (Å²) in [5.41, 5.74) is 7.47. The van der Waals surface area contributed by atoms with Gasteiger partial charge in [0.05, 0.1) is 15.7 Å². The van der Waals surface area contributed by atoms with Crippen molar-refractivity contribution in [2.45, 2.75) is 17.7 Å². The lowest BCUT2D eigenvalue weighted by atomic mass is 9.82. The maximum absolute atomic E-state index is 11.8. The largest absolute Gasteiger partial charge is 0.320 e. The van der Waals surface area contributed by atoms with Gasteiger partial charge in [-0.05, 0) is 18.1 Å². The van der Waals surface area contributed by atoms with Crippen molar-refractivity contribution in [1.82, 2.24) is 0 Å². The fraction of sp³-hybridized carbons (Fsp3) is 0.188. The molecule has 2 unspecified atom stereocenters. The number of thiol groups is 1. The molecule has 0 fully saturated rings. The predicted molar refractivity (Wildman–Crippen MR) is 88.0 cm³/mol. The van der Waals surface area contributed by atoms with Gasteiger partial charge in [-0.3, -0.25) is 14.9 Å². The zero-order chi connectivity index (χ0) is 16.3. The van der Waals surface area contributed by atoms with Crippen LogP contribution in [0.1, 0.15) is 18.1 Å². The number of benzene rings is 2. The van der Waals surface area contributed by atoms with Gasteiger partial charge < -0.3 is 5.73 Å². The van der Waals surface area contributed by atoms with E-state index >= 15 is 0 Å². The Balaban J connectivity index is 2.58. The van der Waals surface area contributed by atoms with Gasteiger partial charge in [0.1, 0.15) is 5.78 Å². The summed E-state index contributed by atoms with van der Waals surface area (Å²) in [6, 6.07) is 14.2. The first kappa shape index (κ1) is 16.2. The van der Waals surface area contributed by atoms with Crippen molar-refractivity contribution >= 4 is 24.1 Å². The first-order chi connectivity index (χ1) is 10.4. The Morgan fingerprint density at radius 2 is 1.64 bits per heavy atom. The number of nitro groups is 1. The van der Waals surface area contributed by atoms with Gasteiger partial charge in [0.25, 0.3) is 5.69 Å². The number of Topliss-reactive ketones (excluding diaryl/α,β-unsaturated/α-hetero) is 1. The predicted octanol–water partition coefficient (Wildman–Crippen LogP) is 2.68. The third-order valence-corrected chi connectivity index (χ3v) is 4.41. The molecule has 114 valence electrons. The Morgan fingerprint density at radius 1 is 1.14 bits per heavy atom. The maximum atomic E-state index is 11.8. The smallest absolute Gasteiger partial charge is 0.269 e. The number of non-ortho nitro benzene ring substituents is 1. The third kappa shape index (κ3) is 2.88. The van der Waals surface area contributed by atoms with Crippen LogP contribution in [0.15, 0.2) is 54.6 Å². The average Bonchev–Trinajstić information content (AvgIpc) is 2.54. The van der Waals surface area contributed by atoms with E-state index in [-0.39, 0.29) is 11.5 Å². The van der Waals surface area contributed by atoms with Gasteiger partial charge in [-0.2, -0.15) is 12.6 Å².